The maximum atomic E-state index is 9.20. The number of aliphatic hydroxyl groups excluding tert-OH is 1. The highest BCUT2D eigenvalue weighted by molar-refractivity contribution is 5.24. The van der Waals surface area contributed by atoms with Crippen LogP contribution in [-0.4, -0.2) is 28.0 Å². The van der Waals surface area contributed by atoms with E-state index in [0.717, 1.165) is 38.2 Å². The van der Waals surface area contributed by atoms with Crippen LogP contribution in [0.2, 0.25) is 0 Å². The van der Waals surface area contributed by atoms with Crippen molar-refractivity contribution >= 4 is 0 Å². The SMILES string of the molecule is CCn1nc(C)c(CNCCCC(C)(C)CO)c1C. The molecule has 2 N–H and O–H groups in total. The van der Waals surface area contributed by atoms with Crippen molar-refractivity contribution in [2.75, 3.05) is 13.2 Å². The van der Waals surface area contributed by atoms with Crippen molar-refractivity contribution in [2.24, 2.45) is 5.41 Å². The van der Waals surface area contributed by atoms with Gasteiger partial charge in [0.15, 0.2) is 0 Å². The second kappa shape index (κ2) is 7.06. The van der Waals surface area contributed by atoms with Crippen molar-refractivity contribution < 1.29 is 5.11 Å². The van der Waals surface area contributed by atoms with Crippen LogP contribution in [0.1, 0.15) is 50.6 Å². The Bertz CT molecular complexity index is 396. The molecule has 1 aromatic rings. The van der Waals surface area contributed by atoms with Gasteiger partial charge in [0, 0.05) is 31.0 Å². The Labute approximate surface area is 117 Å². The van der Waals surface area contributed by atoms with Gasteiger partial charge in [-0.1, -0.05) is 13.8 Å². The van der Waals surface area contributed by atoms with Crippen LogP contribution in [0.5, 0.6) is 0 Å². The number of hydrogen-bond donors (Lipinski definition) is 2. The van der Waals surface area contributed by atoms with Crippen LogP contribution in [0.25, 0.3) is 0 Å². The minimum atomic E-state index is 0.0423. The van der Waals surface area contributed by atoms with Gasteiger partial charge in [-0.15, -0.1) is 0 Å². The lowest BCUT2D eigenvalue weighted by atomic mass is 9.89. The van der Waals surface area contributed by atoms with E-state index >= 15 is 0 Å². The predicted molar refractivity (Wildman–Crippen MR) is 79.2 cm³/mol. The van der Waals surface area contributed by atoms with E-state index in [0.29, 0.717) is 0 Å². The summed E-state index contributed by atoms with van der Waals surface area (Å²) in [6, 6.07) is 0. The first kappa shape index (κ1) is 16.2. The molecule has 0 aliphatic carbocycles. The van der Waals surface area contributed by atoms with Crippen molar-refractivity contribution in [1.29, 1.82) is 0 Å². The third kappa shape index (κ3) is 4.62. The Morgan fingerprint density at radius 3 is 2.53 bits per heavy atom. The lowest BCUT2D eigenvalue weighted by Gasteiger charge is -2.21. The number of aromatic nitrogens is 2. The number of rotatable bonds is 8. The molecule has 0 bridgehead atoms. The van der Waals surface area contributed by atoms with E-state index in [4.69, 9.17) is 0 Å². The minimum absolute atomic E-state index is 0.0423. The van der Waals surface area contributed by atoms with Crippen LogP contribution < -0.4 is 5.32 Å². The summed E-state index contributed by atoms with van der Waals surface area (Å²) in [7, 11) is 0. The average molecular weight is 267 g/mol. The lowest BCUT2D eigenvalue weighted by Crippen LogP contribution is -2.21. The summed E-state index contributed by atoms with van der Waals surface area (Å²) in [6.45, 7) is 13.6. The molecule has 0 unspecified atom stereocenters. The summed E-state index contributed by atoms with van der Waals surface area (Å²) in [4.78, 5) is 0. The van der Waals surface area contributed by atoms with Crippen LogP contribution in [0.4, 0.5) is 0 Å². The average Bonchev–Trinajstić information content (AvgIpc) is 2.65. The normalized spacial score (nSPS) is 12.1. The van der Waals surface area contributed by atoms with Gasteiger partial charge in [0.1, 0.15) is 0 Å². The van der Waals surface area contributed by atoms with E-state index in [1.165, 1.54) is 11.3 Å². The second-order valence-electron chi connectivity index (χ2n) is 6.07. The summed E-state index contributed by atoms with van der Waals surface area (Å²) < 4.78 is 2.06. The van der Waals surface area contributed by atoms with Gasteiger partial charge in [0.2, 0.25) is 0 Å². The quantitative estimate of drug-likeness (QED) is 0.711. The van der Waals surface area contributed by atoms with Gasteiger partial charge in [-0.25, -0.2) is 0 Å². The molecule has 0 amide bonds. The van der Waals surface area contributed by atoms with Gasteiger partial charge < -0.3 is 10.4 Å². The highest BCUT2D eigenvalue weighted by Crippen LogP contribution is 2.20. The smallest absolute Gasteiger partial charge is 0.0641 e. The van der Waals surface area contributed by atoms with Crippen LogP contribution in [-0.2, 0) is 13.1 Å². The van der Waals surface area contributed by atoms with Crippen molar-refractivity contribution in [3.8, 4) is 0 Å². The molecule has 0 radical (unpaired) electrons. The lowest BCUT2D eigenvalue weighted by molar-refractivity contribution is 0.148. The van der Waals surface area contributed by atoms with Crippen LogP contribution >= 0.6 is 0 Å². The molecule has 1 aromatic heterocycles. The molecule has 0 aliphatic rings. The third-order valence-corrected chi connectivity index (χ3v) is 3.77. The molecule has 0 aromatic carbocycles. The van der Waals surface area contributed by atoms with Crippen molar-refractivity contribution in [3.05, 3.63) is 17.0 Å². The molecule has 0 aliphatic heterocycles. The zero-order chi connectivity index (χ0) is 14.5. The molecule has 0 saturated heterocycles. The molecule has 19 heavy (non-hydrogen) atoms. The first-order valence-corrected chi connectivity index (χ1v) is 7.25. The van der Waals surface area contributed by atoms with Crippen LogP contribution in [0.15, 0.2) is 0 Å². The maximum Gasteiger partial charge on any atom is 0.0641 e. The molecule has 0 atom stereocenters. The van der Waals surface area contributed by atoms with Crippen molar-refractivity contribution in [1.82, 2.24) is 15.1 Å². The fourth-order valence-corrected chi connectivity index (χ4v) is 2.28. The van der Waals surface area contributed by atoms with Gasteiger partial charge in [0.25, 0.3) is 0 Å². The van der Waals surface area contributed by atoms with Gasteiger partial charge in [-0.3, -0.25) is 4.68 Å². The molecular formula is C15H29N3O. The largest absolute Gasteiger partial charge is 0.396 e. The van der Waals surface area contributed by atoms with E-state index in [9.17, 15) is 5.11 Å². The molecule has 1 rings (SSSR count). The first-order chi connectivity index (χ1) is 8.91. The first-order valence-electron chi connectivity index (χ1n) is 7.25. The summed E-state index contributed by atoms with van der Waals surface area (Å²) in [5.41, 5.74) is 3.76. The van der Waals surface area contributed by atoms with E-state index in [1.807, 2.05) is 0 Å². The van der Waals surface area contributed by atoms with E-state index in [2.05, 4.69) is 49.7 Å². The van der Waals surface area contributed by atoms with Gasteiger partial charge in [0.05, 0.1) is 5.69 Å². The predicted octanol–water partition coefficient (Wildman–Crippen LogP) is 2.41. The van der Waals surface area contributed by atoms with E-state index < -0.39 is 0 Å². The summed E-state index contributed by atoms with van der Waals surface area (Å²) in [5.74, 6) is 0. The zero-order valence-corrected chi connectivity index (χ0v) is 13.1. The molecule has 0 saturated carbocycles. The van der Waals surface area contributed by atoms with Gasteiger partial charge >= 0.3 is 0 Å². The summed E-state index contributed by atoms with van der Waals surface area (Å²) in [5, 5.41) is 17.2. The third-order valence-electron chi connectivity index (χ3n) is 3.77. The van der Waals surface area contributed by atoms with Crippen molar-refractivity contribution in [2.45, 2.75) is 60.5 Å². The molecule has 110 valence electrons. The number of nitrogens with one attached hydrogen (secondary N) is 1. The summed E-state index contributed by atoms with van der Waals surface area (Å²) in [6.07, 6.45) is 2.14. The Morgan fingerprint density at radius 2 is 2.00 bits per heavy atom. The number of nitrogens with zero attached hydrogens (tertiary/aromatic N) is 2. The molecule has 4 nitrogen and oxygen atoms in total. The highest BCUT2D eigenvalue weighted by atomic mass is 16.3. The molecular weight excluding hydrogens is 238 g/mol. The zero-order valence-electron chi connectivity index (χ0n) is 13.1. The van der Waals surface area contributed by atoms with E-state index in [1.54, 1.807) is 0 Å². The van der Waals surface area contributed by atoms with E-state index in [-0.39, 0.29) is 12.0 Å². The fraction of sp³-hybridized carbons (Fsp3) is 0.800. The molecule has 0 fully saturated rings. The number of aryl methyl sites for hydroxylation is 2. The topological polar surface area (TPSA) is 50.1 Å². The maximum absolute atomic E-state index is 9.20. The fourth-order valence-electron chi connectivity index (χ4n) is 2.28. The van der Waals surface area contributed by atoms with Gasteiger partial charge in [-0.05, 0) is 45.6 Å². The molecule has 0 spiro atoms. The Balaban J connectivity index is 2.36. The van der Waals surface area contributed by atoms with Gasteiger partial charge in [-0.2, -0.15) is 5.10 Å². The van der Waals surface area contributed by atoms with Crippen LogP contribution in [0.3, 0.4) is 0 Å². The van der Waals surface area contributed by atoms with Crippen molar-refractivity contribution in [3.63, 3.8) is 0 Å². The standard InChI is InChI=1S/C15H29N3O/c1-6-18-13(3)14(12(2)17-18)10-16-9-7-8-15(4,5)11-19/h16,19H,6-11H2,1-5H3. The van der Waals surface area contributed by atoms with Crippen LogP contribution in [0, 0.1) is 19.3 Å². The molecule has 1 heterocycles. The molecule has 4 heteroatoms. The Kier molecular flexibility index (Phi) is 6.01. The summed E-state index contributed by atoms with van der Waals surface area (Å²) >= 11 is 0. The number of aliphatic hydroxyl groups is 1. The Morgan fingerprint density at radius 1 is 1.32 bits per heavy atom. The number of hydrogen-bond acceptors (Lipinski definition) is 3. The second-order valence-corrected chi connectivity index (χ2v) is 6.07. The monoisotopic (exact) mass is 267 g/mol. The highest BCUT2D eigenvalue weighted by Gasteiger charge is 2.15. The Hall–Kier alpha value is -0.870. The minimum Gasteiger partial charge on any atom is -0.396 e.